The minimum absolute atomic E-state index is 0.397. The van der Waals surface area contributed by atoms with Crippen molar-refractivity contribution in [2.45, 2.75) is 12.4 Å². The van der Waals surface area contributed by atoms with Gasteiger partial charge in [-0.25, -0.2) is 0 Å². The van der Waals surface area contributed by atoms with E-state index in [9.17, 15) is 26.3 Å². The van der Waals surface area contributed by atoms with Crippen LogP contribution in [-0.2, 0) is 27.1 Å². The standard InChI is InChI=1S/C8H12F6O6P/c9-7(10,11)5-19-21(15-1-2-16-21,17-3-4-18-21)20-6-8(12,13)14/h1-6H2/q-1. The molecule has 0 radical (unpaired) electrons. The van der Waals surface area contributed by atoms with Crippen LogP contribution in [0.3, 0.4) is 0 Å². The maximum absolute atomic E-state index is 12.4. The fourth-order valence-corrected chi connectivity index (χ4v) is 5.59. The van der Waals surface area contributed by atoms with E-state index in [-0.39, 0.29) is 0 Å². The molecule has 0 amide bonds. The fraction of sp³-hybridized carbons (Fsp3) is 1.00. The van der Waals surface area contributed by atoms with Crippen molar-refractivity contribution in [3.63, 3.8) is 0 Å². The van der Waals surface area contributed by atoms with Gasteiger partial charge in [0.2, 0.25) is 0 Å². The van der Waals surface area contributed by atoms with E-state index in [1.165, 1.54) is 0 Å². The van der Waals surface area contributed by atoms with Crippen LogP contribution in [0.1, 0.15) is 0 Å². The third-order valence-electron chi connectivity index (χ3n) is 2.57. The van der Waals surface area contributed by atoms with Crippen molar-refractivity contribution in [1.29, 1.82) is 0 Å². The number of hydrogen-bond donors (Lipinski definition) is 0. The second kappa shape index (κ2) is 4.63. The van der Waals surface area contributed by atoms with Crippen molar-refractivity contribution in [3.05, 3.63) is 0 Å². The zero-order valence-corrected chi connectivity index (χ0v) is 11.3. The Kier molecular flexibility index (Phi) is 3.78. The number of halogens is 6. The molecule has 0 bridgehead atoms. The molecule has 2 rings (SSSR count). The summed E-state index contributed by atoms with van der Waals surface area (Å²) in [4.78, 5) is 0. The Morgan fingerprint density at radius 2 is 0.952 bits per heavy atom. The summed E-state index contributed by atoms with van der Waals surface area (Å²) in [5.74, 6) is 0. The molecule has 2 aliphatic rings. The molecule has 13 heteroatoms. The van der Waals surface area contributed by atoms with Gasteiger partial charge in [-0.15, -0.1) is 0 Å². The topological polar surface area (TPSA) is 55.4 Å². The van der Waals surface area contributed by atoms with Gasteiger partial charge in [-0.05, 0) is 0 Å². The first-order chi connectivity index (χ1) is 9.44. The molecule has 1 spiro atoms. The fourth-order valence-electron chi connectivity index (χ4n) is 1.86. The molecule has 2 heterocycles. The molecule has 0 atom stereocenters. The molecule has 2 fully saturated rings. The first-order valence-corrected chi connectivity index (χ1v) is 7.86. The van der Waals surface area contributed by atoms with E-state index in [1.54, 1.807) is 0 Å². The number of rotatable bonds is 4. The van der Waals surface area contributed by atoms with Gasteiger partial charge in [0.25, 0.3) is 0 Å². The van der Waals surface area contributed by atoms with Crippen molar-refractivity contribution in [2.24, 2.45) is 0 Å². The monoisotopic (exact) mass is 349 g/mol. The molecule has 0 aromatic rings. The Labute approximate surface area is 114 Å². The molecule has 21 heavy (non-hydrogen) atoms. The first kappa shape index (κ1) is 17.1. The van der Waals surface area contributed by atoms with E-state index in [0.717, 1.165) is 0 Å². The van der Waals surface area contributed by atoms with E-state index >= 15 is 0 Å². The van der Waals surface area contributed by atoms with Crippen LogP contribution in [0.5, 0.6) is 0 Å². The normalized spacial score (nSPS) is 30.6. The Morgan fingerprint density at radius 1 is 0.667 bits per heavy atom. The summed E-state index contributed by atoms with van der Waals surface area (Å²) >= 11 is 0. The molecule has 2 aliphatic heterocycles. The van der Waals surface area contributed by atoms with Gasteiger partial charge in [0.1, 0.15) is 0 Å². The summed E-state index contributed by atoms with van der Waals surface area (Å²) in [5.41, 5.74) is 0. The molecule has 128 valence electrons. The average Bonchev–Trinajstić information content (AvgIpc) is 2.93. The molecule has 0 aromatic heterocycles. The molecule has 0 N–H and O–H groups in total. The Bertz CT molecular complexity index is 359. The predicted octanol–water partition coefficient (Wildman–Crippen LogP) is 2.82. The van der Waals surface area contributed by atoms with Crippen molar-refractivity contribution < 1.29 is 53.5 Å². The summed E-state index contributed by atoms with van der Waals surface area (Å²) in [6.45, 7) is -5.62. The van der Waals surface area contributed by atoms with Crippen molar-refractivity contribution in [1.82, 2.24) is 0 Å². The summed E-state index contributed by atoms with van der Waals surface area (Å²) < 4.78 is 103. The van der Waals surface area contributed by atoms with Gasteiger partial charge < -0.3 is 0 Å². The second-order valence-electron chi connectivity index (χ2n) is 4.23. The molecule has 2 saturated heterocycles. The maximum atomic E-state index is 12.4. The van der Waals surface area contributed by atoms with E-state index in [0.29, 0.717) is 0 Å². The SMILES string of the molecule is FC(F)(F)CO[P-]12(OCC(F)(F)F)(OCCO1)OCCO2. The van der Waals surface area contributed by atoms with Gasteiger partial charge in [-0.3, -0.25) is 0 Å². The van der Waals surface area contributed by atoms with E-state index in [4.69, 9.17) is 18.1 Å². The van der Waals surface area contributed by atoms with Gasteiger partial charge in [0.15, 0.2) is 0 Å². The number of hydrogen-bond acceptors (Lipinski definition) is 6. The van der Waals surface area contributed by atoms with E-state index in [2.05, 4.69) is 9.05 Å². The molecule has 0 unspecified atom stereocenters. The average molecular weight is 349 g/mol. The summed E-state index contributed by atoms with van der Waals surface area (Å²) in [5, 5.41) is 0. The second-order valence-corrected chi connectivity index (χ2v) is 8.01. The van der Waals surface area contributed by atoms with Crippen LogP contribution in [0.15, 0.2) is 0 Å². The van der Waals surface area contributed by atoms with Gasteiger partial charge >= 0.3 is 113 Å². The van der Waals surface area contributed by atoms with Crippen LogP contribution >= 0.6 is 7.31 Å². The zero-order valence-electron chi connectivity index (χ0n) is 10.4. The van der Waals surface area contributed by atoms with Crippen LogP contribution in [0.2, 0.25) is 0 Å². The minimum atomic E-state index is -6.43. The van der Waals surface area contributed by atoms with Crippen molar-refractivity contribution in [3.8, 4) is 0 Å². The third-order valence-corrected chi connectivity index (χ3v) is 6.72. The third kappa shape index (κ3) is 3.26. The summed E-state index contributed by atoms with van der Waals surface area (Å²) in [6, 6.07) is 0. The molecule has 0 aliphatic carbocycles. The Balaban J connectivity index is 2.33. The zero-order chi connectivity index (χ0) is 15.9. The summed E-state index contributed by atoms with van der Waals surface area (Å²) in [6.07, 6.45) is -9.76. The van der Waals surface area contributed by atoms with E-state index < -0.39 is 59.3 Å². The molecule has 6 nitrogen and oxygen atoms in total. The van der Waals surface area contributed by atoms with Gasteiger partial charge in [0, 0.05) is 0 Å². The summed E-state index contributed by atoms with van der Waals surface area (Å²) in [7, 11) is -6.43. The van der Waals surface area contributed by atoms with Gasteiger partial charge in [0.05, 0.1) is 0 Å². The molecular weight excluding hydrogens is 337 g/mol. The molecular formula is C8H12F6O6P-. The quantitative estimate of drug-likeness (QED) is 0.575. The predicted molar refractivity (Wildman–Crippen MR) is 54.7 cm³/mol. The Hall–Kier alpha value is -0.230. The molecule has 0 aromatic carbocycles. The van der Waals surface area contributed by atoms with Gasteiger partial charge in [-0.1, -0.05) is 0 Å². The van der Waals surface area contributed by atoms with Gasteiger partial charge in [-0.2, -0.15) is 0 Å². The van der Waals surface area contributed by atoms with Crippen LogP contribution in [-0.4, -0.2) is 52.0 Å². The van der Waals surface area contributed by atoms with Crippen LogP contribution in [0.4, 0.5) is 26.3 Å². The number of alkyl halides is 6. The Morgan fingerprint density at radius 3 is 1.19 bits per heavy atom. The van der Waals surface area contributed by atoms with E-state index in [1.807, 2.05) is 0 Å². The van der Waals surface area contributed by atoms with Crippen LogP contribution in [0, 0.1) is 0 Å². The van der Waals surface area contributed by atoms with Crippen LogP contribution in [0.25, 0.3) is 0 Å². The van der Waals surface area contributed by atoms with Crippen molar-refractivity contribution in [2.75, 3.05) is 39.6 Å². The first-order valence-electron chi connectivity index (χ1n) is 5.67. The molecule has 0 saturated carbocycles. The van der Waals surface area contributed by atoms with Crippen LogP contribution < -0.4 is 0 Å². The van der Waals surface area contributed by atoms with Crippen molar-refractivity contribution >= 4 is 7.31 Å².